The van der Waals surface area contributed by atoms with Gasteiger partial charge in [-0.1, -0.05) is 6.07 Å². The number of aromatic carboxylic acids is 1. The van der Waals surface area contributed by atoms with E-state index in [1.54, 1.807) is 25.3 Å². The number of pyridine rings is 2. The summed E-state index contributed by atoms with van der Waals surface area (Å²) in [6, 6.07) is 5.25. The lowest BCUT2D eigenvalue weighted by Crippen LogP contribution is -2.34. The van der Waals surface area contributed by atoms with Gasteiger partial charge in [0.15, 0.2) is 0 Å². The number of amides is 1. The third-order valence-electron chi connectivity index (χ3n) is 4.09. The normalized spacial score (nSPS) is 19.6. The van der Waals surface area contributed by atoms with Crippen molar-refractivity contribution in [1.29, 1.82) is 0 Å². The van der Waals surface area contributed by atoms with Gasteiger partial charge in [0.1, 0.15) is 5.82 Å². The van der Waals surface area contributed by atoms with Gasteiger partial charge in [0.2, 0.25) is 5.91 Å². The van der Waals surface area contributed by atoms with Crippen molar-refractivity contribution in [3.63, 3.8) is 0 Å². The standard InChI is InChI=1S/C16H15N3O3/c1-9-6-10(14(20)21)8-18-12(9)7-16(2)11-4-3-5-17-13(11)19-15(16)22/h3-6,8H,7H2,1-2H3,(H,20,21)(H,17,19,22)/t16-/m0/s1. The molecule has 0 fully saturated rings. The monoisotopic (exact) mass is 297 g/mol. The molecule has 6 nitrogen and oxygen atoms in total. The second-order valence-electron chi connectivity index (χ2n) is 5.66. The quantitative estimate of drug-likeness (QED) is 0.903. The Morgan fingerprint density at radius 2 is 2.18 bits per heavy atom. The summed E-state index contributed by atoms with van der Waals surface area (Å²) in [5.41, 5.74) is 1.69. The van der Waals surface area contributed by atoms with E-state index in [2.05, 4.69) is 15.3 Å². The molecule has 22 heavy (non-hydrogen) atoms. The van der Waals surface area contributed by atoms with Gasteiger partial charge in [0, 0.05) is 30.1 Å². The van der Waals surface area contributed by atoms with E-state index in [1.165, 1.54) is 6.20 Å². The topological polar surface area (TPSA) is 92.2 Å². The lowest BCUT2D eigenvalue weighted by atomic mass is 9.79. The van der Waals surface area contributed by atoms with Crippen LogP contribution in [-0.4, -0.2) is 27.0 Å². The van der Waals surface area contributed by atoms with Crippen molar-refractivity contribution in [3.8, 4) is 0 Å². The van der Waals surface area contributed by atoms with E-state index in [9.17, 15) is 9.59 Å². The molecule has 0 radical (unpaired) electrons. The molecule has 1 aliphatic rings. The first-order chi connectivity index (χ1) is 10.4. The zero-order valence-electron chi connectivity index (χ0n) is 12.3. The van der Waals surface area contributed by atoms with Crippen molar-refractivity contribution in [3.05, 3.63) is 53.0 Å². The summed E-state index contributed by atoms with van der Waals surface area (Å²) < 4.78 is 0. The average molecular weight is 297 g/mol. The summed E-state index contributed by atoms with van der Waals surface area (Å²) in [7, 11) is 0. The van der Waals surface area contributed by atoms with E-state index in [4.69, 9.17) is 5.11 Å². The van der Waals surface area contributed by atoms with E-state index in [1.807, 2.05) is 13.0 Å². The first kappa shape index (κ1) is 14.2. The minimum atomic E-state index is -1.01. The van der Waals surface area contributed by atoms with Crippen LogP contribution in [-0.2, 0) is 16.6 Å². The minimum Gasteiger partial charge on any atom is -0.478 e. The number of carbonyl (C=O) groups is 2. The molecule has 3 heterocycles. The molecular weight excluding hydrogens is 282 g/mol. The molecule has 0 aliphatic carbocycles. The van der Waals surface area contributed by atoms with Gasteiger partial charge in [-0.3, -0.25) is 9.78 Å². The number of aryl methyl sites for hydroxylation is 1. The van der Waals surface area contributed by atoms with Crippen LogP contribution in [0.15, 0.2) is 30.6 Å². The van der Waals surface area contributed by atoms with E-state index >= 15 is 0 Å². The molecule has 0 saturated heterocycles. The van der Waals surface area contributed by atoms with Crippen molar-refractivity contribution in [1.82, 2.24) is 9.97 Å². The molecule has 112 valence electrons. The number of fused-ring (bicyclic) bond motifs is 1. The van der Waals surface area contributed by atoms with Gasteiger partial charge < -0.3 is 10.4 Å². The second kappa shape index (κ2) is 4.91. The lowest BCUT2D eigenvalue weighted by molar-refractivity contribution is -0.120. The predicted molar refractivity (Wildman–Crippen MR) is 79.9 cm³/mol. The Labute approximate surface area is 127 Å². The van der Waals surface area contributed by atoms with Crippen LogP contribution >= 0.6 is 0 Å². The van der Waals surface area contributed by atoms with Crippen LogP contribution in [0.5, 0.6) is 0 Å². The molecule has 0 bridgehead atoms. The van der Waals surface area contributed by atoms with Crippen LogP contribution in [0, 0.1) is 6.92 Å². The highest BCUT2D eigenvalue weighted by Gasteiger charge is 2.43. The molecule has 2 aromatic heterocycles. The number of nitrogens with zero attached hydrogens (tertiary/aromatic N) is 2. The van der Waals surface area contributed by atoms with Gasteiger partial charge in [-0.05, 0) is 31.5 Å². The van der Waals surface area contributed by atoms with Crippen molar-refractivity contribution in [2.75, 3.05) is 5.32 Å². The summed E-state index contributed by atoms with van der Waals surface area (Å²) in [4.78, 5) is 31.8. The van der Waals surface area contributed by atoms with Crippen LogP contribution in [0.2, 0.25) is 0 Å². The molecule has 2 N–H and O–H groups in total. The predicted octanol–water partition coefficient (Wildman–Crippen LogP) is 1.94. The van der Waals surface area contributed by atoms with Crippen molar-refractivity contribution in [2.24, 2.45) is 0 Å². The molecule has 3 rings (SSSR count). The number of aromatic nitrogens is 2. The van der Waals surface area contributed by atoms with Gasteiger partial charge >= 0.3 is 5.97 Å². The molecule has 0 spiro atoms. The van der Waals surface area contributed by atoms with Gasteiger partial charge in [-0.25, -0.2) is 9.78 Å². The Bertz CT molecular complexity index is 788. The lowest BCUT2D eigenvalue weighted by Gasteiger charge is -2.22. The number of rotatable bonds is 3. The maximum atomic E-state index is 12.4. The molecule has 1 amide bonds. The van der Waals surface area contributed by atoms with Crippen LogP contribution in [0.1, 0.15) is 34.1 Å². The fraction of sp³-hybridized carbons (Fsp3) is 0.250. The summed E-state index contributed by atoms with van der Waals surface area (Å²) >= 11 is 0. The number of hydrogen-bond donors (Lipinski definition) is 2. The largest absolute Gasteiger partial charge is 0.478 e. The number of carboxylic acids is 1. The highest BCUT2D eigenvalue weighted by molar-refractivity contribution is 6.05. The van der Waals surface area contributed by atoms with Crippen LogP contribution in [0.4, 0.5) is 5.82 Å². The fourth-order valence-electron chi connectivity index (χ4n) is 2.73. The van der Waals surface area contributed by atoms with Crippen LogP contribution in [0.3, 0.4) is 0 Å². The Morgan fingerprint density at radius 3 is 2.86 bits per heavy atom. The zero-order valence-corrected chi connectivity index (χ0v) is 12.3. The molecular formula is C16H15N3O3. The Hall–Kier alpha value is -2.76. The first-order valence-electron chi connectivity index (χ1n) is 6.87. The number of hydrogen-bond acceptors (Lipinski definition) is 4. The molecule has 1 atom stereocenters. The van der Waals surface area contributed by atoms with Gasteiger partial charge in [0.25, 0.3) is 0 Å². The number of carboxylic acid groups (broad SMARTS) is 1. The Kier molecular flexibility index (Phi) is 3.16. The van der Waals surface area contributed by atoms with Crippen molar-refractivity contribution < 1.29 is 14.7 Å². The van der Waals surface area contributed by atoms with Crippen molar-refractivity contribution in [2.45, 2.75) is 25.7 Å². The average Bonchev–Trinajstić information content (AvgIpc) is 2.73. The number of carbonyl (C=O) groups excluding carboxylic acids is 1. The maximum absolute atomic E-state index is 12.4. The number of anilines is 1. The van der Waals surface area contributed by atoms with Crippen LogP contribution in [0.25, 0.3) is 0 Å². The smallest absolute Gasteiger partial charge is 0.337 e. The van der Waals surface area contributed by atoms with Gasteiger partial charge in [-0.2, -0.15) is 0 Å². The van der Waals surface area contributed by atoms with Gasteiger partial charge in [-0.15, -0.1) is 0 Å². The number of nitrogens with one attached hydrogen (secondary N) is 1. The van der Waals surface area contributed by atoms with Gasteiger partial charge in [0.05, 0.1) is 11.0 Å². The Balaban J connectivity index is 1.99. The molecule has 6 heteroatoms. The second-order valence-corrected chi connectivity index (χ2v) is 5.66. The first-order valence-corrected chi connectivity index (χ1v) is 6.87. The van der Waals surface area contributed by atoms with E-state index < -0.39 is 11.4 Å². The SMILES string of the molecule is Cc1cc(C(=O)O)cnc1C[C@]1(C)C(=O)Nc2ncccc21. The third kappa shape index (κ3) is 2.13. The van der Waals surface area contributed by atoms with Crippen molar-refractivity contribution >= 4 is 17.7 Å². The van der Waals surface area contributed by atoms with E-state index in [-0.39, 0.29) is 11.5 Å². The Morgan fingerprint density at radius 1 is 1.41 bits per heavy atom. The van der Waals surface area contributed by atoms with E-state index in [0.717, 1.165) is 11.1 Å². The minimum absolute atomic E-state index is 0.121. The fourth-order valence-corrected chi connectivity index (χ4v) is 2.73. The molecule has 2 aromatic rings. The van der Waals surface area contributed by atoms with Crippen LogP contribution < -0.4 is 5.32 Å². The maximum Gasteiger partial charge on any atom is 0.337 e. The molecule has 0 saturated carbocycles. The molecule has 0 aromatic carbocycles. The van der Waals surface area contributed by atoms with E-state index in [0.29, 0.717) is 17.9 Å². The summed E-state index contributed by atoms with van der Waals surface area (Å²) in [6.45, 7) is 3.65. The zero-order chi connectivity index (χ0) is 15.9. The highest BCUT2D eigenvalue weighted by Crippen LogP contribution is 2.38. The summed E-state index contributed by atoms with van der Waals surface area (Å²) in [5.74, 6) is -0.555. The summed E-state index contributed by atoms with van der Waals surface area (Å²) in [5, 5.41) is 11.8. The third-order valence-corrected chi connectivity index (χ3v) is 4.09. The highest BCUT2D eigenvalue weighted by atomic mass is 16.4. The molecule has 0 unspecified atom stereocenters. The summed E-state index contributed by atoms with van der Waals surface area (Å²) in [6.07, 6.45) is 3.35. The molecule has 1 aliphatic heterocycles.